The first-order chi connectivity index (χ1) is 11.2. The van der Waals surface area contributed by atoms with Gasteiger partial charge in [0.05, 0.1) is 12.7 Å². The van der Waals surface area contributed by atoms with Gasteiger partial charge in [-0.2, -0.15) is 5.06 Å². The van der Waals surface area contributed by atoms with E-state index in [9.17, 15) is 0 Å². The van der Waals surface area contributed by atoms with E-state index in [1.807, 2.05) is 0 Å². The van der Waals surface area contributed by atoms with Crippen LogP contribution in [-0.4, -0.2) is 29.9 Å². The highest BCUT2D eigenvalue weighted by Crippen LogP contribution is 2.55. The normalized spacial score (nSPS) is 35.9. The van der Waals surface area contributed by atoms with Crippen LogP contribution in [0.5, 0.6) is 5.75 Å². The van der Waals surface area contributed by atoms with Gasteiger partial charge in [0, 0.05) is 23.6 Å². The second-order valence-electron chi connectivity index (χ2n) is 8.89. The SMILES string of the molecule is COc1ccccc1[C@@]1(C)C[C@@H]2[C@@H]([C@@H](C)C1)N(C(C)C)OC2(C)C. The standard InChI is InChI=1S/C21H33NO2/c1-14(2)22-19-15(3)12-21(6,13-17(19)20(4,5)24-22)16-10-8-9-11-18(16)23-7/h8-11,14-15,17,19H,12-13H2,1-7H3/t15-,17+,19+,21+/m0/s1. The molecule has 134 valence electrons. The predicted molar refractivity (Wildman–Crippen MR) is 98.2 cm³/mol. The molecule has 1 heterocycles. The molecule has 1 saturated carbocycles. The molecule has 0 radical (unpaired) electrons. The molecule has 2 fully saturated rings. The van der Waals surface area contributed by atoms with Gasteiger partial charge in [0.2, 0.25) is 0 Å². The fraction of sp³-hybridized carbons (Fsp3) is 0.714. The van der Waals surface area contributed by atoms with Crippen LogP contribution in [0.1, 0.15) is 59.9 Å². The van der Waals surface area contributed by atoms with Gasteiger partial charge in [0.25, 0.3) is 0 Å². The van der Waals surface area contributed by atoms with Crippen LogP contribution in [0.2, 0.25) is 0 Å². The molecule has 0 unspecified atom stereocenters. The molecule has 24 heavy (non-hydrogen) atoms. The number of fused-ring (bicyclic) bond motifs is 1. The summed E-state index contributed by atoms with van der Waals surface area (Å²) in [7, 11) is 1.78. The maximum Gasteiger partial charge on any atom is 0.122 e. The van der Waals surface area contributed by atoms with Gasteiger partial charge in [0.1, 0.15) is 5.75 Å². The third-order valence-corrected chi connectivity index (χ3v) is 6.23. The lowest BCUT2D eigenvalue weighted by Gasteiger charge is -2.47. The lowest BCUT2D eigenvalue weighted by atomic mass is 9.59. The second kappa shape index (κ2) is 6.03. The van der Waals surface area contributed by atoms with E-state index in [4.69, 9.17) is 9.57 Å². The molecule has 0 bridgehead atoms. The van der Waals surface area contributed by atoms with Crippen molar-refractivity contribution in [2.45, 2.75) is 77.5 Å². The largest absolute Gasteiger partial charge is 0.496 e. The van der Waals surface area contributed by atoms with Gasteiger partial charge in [-0.3, -0.25) is 4.84 Å². The Kier molecular flexibility index (Phi) is 4.46. The van der Waals surface area contributed by atoms with E-state index in [0.717, 1.165) is 18.6 Å². The third kappa shape index (κ3) is 2.76. The van der Waals surface area contributed by atoms with Crippen molar-refractivity contribution in [3.63, 3.8) is 0 Å². The van der Waals surface area contributed by atoms with E-state index < -0.39 is 0 Å². The van der Waals surface area contributed by atoms with Crippen LogP contribution >= 0.6 is 0 Å². The summed E-state index contributed by atoms with van der Waals surface area (Å²) in [5.74, 6) is 2.13. The minimum absolute atomic E-state index is 0.118. The van der Waals surface area contributed by atoms with Crippen molar-refractivity contribution in [1.29, 1.82) is 0 Å². The van der Waals surface area contributed by atoms with Gasteiger partial charge in [0.15, 0.2) is 0 Å². The summed E-state index contributed by atoms with van der Waals surface area (Å²) in [5, 5.41) is 2.27. The fourth-order valence-corrected chi connectivity index (χ4v) is 5.22. The van der Waals surface area contributed by atoms with Gasteiger partial charge in [-0.1, -0.05) is 32.0 Å². The van der Waals surface area contributed by atoms with Crippen LogP contribution in [0.4, 0.5) is 0 Å². The number of benzene rings is 1. The van der Waals surface area contributed by atoms with E-state index in [2.05, 4.69) is 70.9 Å². The van der Waals surface area contributed by atoms with Crippen molar-refractivity contribution in [3.05, 3.63) is 29.8 Å². The number of hydrogen-bond acceptors (Lipinski definition) is 3. The van der Waals surface area contributed by atoms with Gasteiger partial charge < -0.3 is 4.74 Å². The van der Waals surface area contributed by atoms with Crippen LogP contribution in [0.3, 0.4) is 0 Å². The quantitative estimate of drug-likeness (QED) is 0.794. The summed E-state index contributed by atoms with van der Waals surface area (Å²) in [6.45, 7) is 13.8. The molecule has 0 aromatic heterocycles. The molecule has 3 heteroatoms. The Bertz CT molecular complexity index is 597. The Morgan fingerprint density at radius 3 is 2.46 bits per heavy atom. The molecule has 1 saturated heterocycles. The Morgan fingerprint density at radius 1 is 1.17 bits per heavy atom. The highest BCUT2D eigenvalue weighted by molar-refractivity contribution is 5.40. The number of methoxy groups -OCH3 is 1. The summed E-state index contributed by atoms with van der Waals surface area (Å²) in [6, 6.07) is 9.45. The van der Waals surface area contributed by atoms with Crippen LogP contribution in [0.15, 0.2) is 24.3 Å². The molecule has 1 aromatic carbocycles. The highest BCUT2D eigenvalue weighted by Gasteiger charge is 2.57. The zero-order valence-electron chi connectivity index (χ0n) is 16.3. The fourth-order valence-electron chi connectivity index (χ4n) is 5.22. The Labute approximate surface area is 147 Å². The number of para-hydroxylation sites is 1. The van der Waals surface area contributed by atoms with E-state index >= 15 is 0 Å². The molecular weight excluding hydrogens is 298 g/mol. The highest BCUT2D eigenvalue weighted by atomic mass is 16.7. The Hall–Kier alpha value is -1.06. The van der Waals surface area contributed by atoms with Crippen molar-refractivity contribution < 1.29 is 9.57 Å². The smallest absolute Gasteiger partial charge is 0.122 e. The Morgan fingerprint density at radius 2 is 1.83 bits per heavy atom. The molecule has 1 aliphatic heterocycles. The monoisotopic (exact) mass is 331 g/mol. The van der Waals surface area contributed by atoms with Crippen molar-refractivity contribution >= 4 is 0 Å². The molecule has 4 atom stereocenters. The molecular formula is C21H33NO2. The number of rotatable bonds is 3. The molecule has 3 rings (SSSR count). The van der Waals surface area contributed by atoms with Crippen molar-refractivity contribution in [2.75, 3.05) is 7.11 Å². The van der Waals surface area contributed by atoms with E-state index in [1.165, 1.54) is 5.56 Å². The summed E-state index contributed by atoms with van der Waals surface area (Å²) in [6.07, 6.45) is 2.30. The van der Waals surface area contributed by atoms with Crippen molar-refractivity contribution in [3.8, 4) is 5.75 Å². The third-order valence-electron chi connectivity index (χ3n) is 6.23. The summed E-state index contributed by atoms with van der Waals surface area (Å²) < 4.78 is 5.68. The van der Waals surface area contributed by atoms with E-state index in [-0.39, 0.29) is 11.0 Å². The summed E-state index contributed by atoms with van der Waals surface area (Å²) in [4.78, 5) is 6.42. The minimum atomic E-state index is -0.118. The zero-order chi connectivity index (χ0) is 17.7. The first-order valence-corrected chi connectivity index (χ1v) is 9.30. The summed E-state index contributed by atoms with van der Waals surface area (Å²) in [5.41, 5.74) is 1.35. The second-order valence-corrected chi connectivity index (χ2v) is 8.89. The molecule has 2 aliphatic rings. The maximum absolute atomic E-state index is 6.42. The van der Waals surface area contributed by atoms with Crippen LogP contribution in [0.25, 0.3) is 0 Å². The van der Waals surface area contributed by atoms with E-state index in [0.29, 0.717) is 23.9 Å². The Balaban J connectivity index is 1.99. The molecule has 0 N–H and O–H groups in total. The van der Waals surface area contributed by atoms with Gasteiger partial charge >= 0.3 is 0 Å². The molecule has 1 aliphatic carbocycles. The van der Waals surface area contributed by atoms with Crippen molar-refractivity contribution in [2.24, 2.45) is 11.8 Å². The van der Waals surface area contributed by atoms with Gasteiger partial charge in [-0.15, -0.1) is 0 Å². The van der Waals surface area contributed by atoms with Gasteiger partial charge in [-0.05, 0) is 57.9 Å². The predicted octanol–water partition coefficient (Wildman–Crippen LogP) is 4.80. The lowest BCUT2D eigenvalue weighted by molar-refractivity contribution is -0.215. The van der Waals surface area contributed by atoms with Crippen LogP contribution < -0.4 is 4.74 Å². The van der Waals surface area contributed by atoms with Crippen molar-refractivity contribution in [1.82, 2.24) is 5.06 Å². The molecule has 1 aromatic rings. The average molecular weight is 332 g/mol. The van der Waals surface area contributed by atoms with Crippen LogP contribution in [-0.2, 0) is 10.3 Å². The maximum atomic E-state index is 6.42. The topological polar surface area (TPSA) is 21.7 Å². The van der Waals surface area contributed by atoms with Gasteiger partial charge in [-0.25, -0.2) is 0 Å². The number of hydrogen-bond donors (Lipinski definition) is 0. The van der Waals surface area contributed by atoms with Crippen LogP contribution in [0, 0.1) is 11.8 Å². The first kappa shape index (κ1) is 17.8. The minimum Gasteiger partial charge on any atom is -0.496 e. The summed E-state index contributed by atoms with van der Waals surface area (Å²) >= 11 is 0. The number of hydroxylamine groups is 2. The zero-order valence-corrected chi connectivity index (χ0v) is 16.3. The molecule has 0 amide bonds. The lowest BCUT2D eigenvalue weighted by Crippen LogP contribution is -2.50. The number of nitrogens with zero attached hydrogens (tertiary/aromatic N) is 1. The number of ether oxygens (including phenoxy) is 1. The van der Waals surface area contributed by atoms with E-state index in [1.54, 1.807) is 7.11 Å². The molecule has 0 spiro atoms. The molecule has 3 nitrogen and oxygen atoms in total. The first-order valence-electron chi connectivity index (χ1n) is 9.30. The average Bonchev–Trinajstić information content (AvgIpc) is 2.79.